The maximum absolute atomic E-state index is 13.1. The lowest BCUT2D eigenvalue weighted by Gasteiger charge is -2.37. The van der Waals surface area contributed by atoms with Crippen LogP contribution in [0.1, 0.15) is 0 Å². The van der Waals surface area contributed by atoms with Crippen LogP contribution in [0.15, 0.2) is 40.1 Å². The van der Waals surface area contributed by atoms with Crippen LogP contribution in [0.25, 0.3) is 32.7 Å². The molecular weight excluding hydrogens is 518 g/mol. The molecule has 186 valence electrons. The minimum atomic E-state index is -4.35. The summed E-state index contributed by atoms with van der Waals surface area (Å²) in [5, 5.41) is 27.0. The third-order valence-electron chi connectivity index (χ3n) is 5.37. The molecule has 2 aromatic carbocycles. The Balaban J connectivity index is 0.00000289. The quantitative estimate of drug-likeness (QED) is 0.167. The van der Waals surface area contributed by atoms with Gasteiger partial charge in [-0.2, -0.15) is 5.21 Å². The van der Waals surface area contributed by atoms with E-state index < -0.39 is 36.5 Å². The highest BCUT2D eigenvalue weighted by Crippen LogP contribution is 2.41. The number of hydrogen-bond acceptors (Lipinski definition) is 13. The van der Waals surface area contributed by atoms with Gasteiger partial charge in [-0.1, -0.05) is 29.5 Å². The molecule has 3 heterocycles. The number of aromatic nitrogens is 5. The zero-order valence-electron chi connectivity index (χ0n) is 17.9. The number of nitrogens with two attached hydrogens (primary N) is 1. The van der Waals surface area contributed by atoms with Crippen LogP contribution in [0.5, 0.6) is 0 Å². The maximum Gasteiger partial charge on any atom is 0.241 e. The summed E-state index contributed by atoms with van der Waals surface area (Å²) >= 11 is -1.76. The predicted octanol–water partition coefficient (Wildman–Crippen LogP) is -0.262. The Morgan fingerprint density at radius 3 is 2.66 bits per heavy atom. The number of anilines is 1. The van der Waals surface area contributed by atoms with E-state index in [0.717, 1.165) is 4.70 Å². The van der Waals surface area contributed by atoms with Crippen molar-refractivity contribution < 1.29 is 22.3 Å². The minimum Gasteiger partial charge on any atom is -0.768 e. The number of β-amino-alcohol motifs (C(OH)–C–C–N with tert-alkyl or cyclic N) is 1. The molecule has 14 nitrogen and oxygen atoms in total. The van der Waals surface area contributed by atoms with Gasteiger partial charge in [0, 0.05) is 30.8 Å². The SMILES string of the molecule is N.Nc1nc2c(-c3ccc(S(=O)(=O)NCC4(O)CNC4)c(S(=O)[O-])c3-c3nn[nH]n3)cccc2s1. The van der Waals surface area contributed by atoms with Crippen LogP contribution >= 0.6 is 11.3 Å². The number of aromatic amines is 1. The van der Waals surface area contributed by atoms with E-state index in [9.17, 15) is 22.3 Å². The second-order valence-corrected chi connectivity index (χ2v) is 11.3. The topological polar surface area (TPSA) is 247 Å². The summed E-state index contributed by atoms with van der Waals surface area (Å²) in [7, 11) is -4.35. The van der Waals surface area contributed by atoms with Crippen molar-refractivity contribution in [1.29, 1.82) is 0 Å². The van der Waals surface area contributed by atoms with Crippen molar-refractivity contribution in [1.82, 2.24) is 41.8 Å². The summed E-state index contributed by atoms with van der Waals surface area (Å²) in [5.41, 5.74) is 5.93. The summed E-state index contributed by atoms with van der Waals surface area (Å²) in [4.78, 5) is 3.30. The Morgan fingerprint density at radius 1 is 1.26 bits per heavy atom. The molecule has 4 aromatic rings. The zero-order chi connectivity index (χ0) is 24.1. The van der Waals surface area contributed by atoms with Gasteiger partial charge in [-0.3, -0.25) is 4.21 Å². The number of hydrogen-bond donors (Lipinski definition) is 6. The van der Waals surface area contributed by atoms with Gasteiger partial charge in [0.15, 0.2) is 5.13 Å². The Morgan fingerprint density at radius 2 is 2.03 bits per heavy atom. The third kappa shape index (κ3) is 4.55. The summed E-state index contributed by atoms with van der Waals surface area (Å²) in [6.07, 6.45) is 0. The number of para-hydroxylation sites is 1. The highest BCUT2D eigenvalue weighted by atomic mass is 32.2. The first-order valence-electron chi connectivity index (χ1n) is 9.77. The summed E-state index contributed by atoms with van der Waals surface area (Å²) in [6.45, 7) is 0.136. The smallest absolute Gasteiger partial charge is 0.241 e. The average Bonchev–Trinajstić information content (AvgIpc) is 3.44. The number of nitrogen functional groups attached to an aromatic ring is 1. The van der Waals surface area contributed by atoms with Crippen LogP contribution in [0, 0.1) is 0 Å². The number of nitrogens with zero attached hydrogens (tertiary/aromatic N) is 4. The van der Waals surface area contributed by atoms with E-state index in [2.05, 4.69) is 35.6 Å². The molecule has 0 spiro atoms. The van der Waals surface area contributed by atoms with Crippen LogP contribution in [0.4, 0.5) is 5.13 Å². The van der Waals surface area contributed by atoms with Gasteiger partial charge in [-0.25, -0.2) is 18.1 Å². The molecule has 5 rings (SSSR count). The number of nitrogens with one attached hydrogen (secondary N) is 3. The van der Waals surface area contributed by atoms with Crippen molar-refractivity contribution in [2.75, 3.05) is 25.4 Å². The molecule has 1 aliphatic heterocycles. The molecule has 9 N–H and O–H groups in total. The lowest BCUT2D eigenvalue weighted by molar-refractivity contribution is -0.00397. The molecule has 0 aliphatic carbocycles. The summed E-state index contributed by atoms with van der Waals surface area (Å²) in [5.74, 6) is -0.117. The Bertz CT molecular complexity index is 1520. The molecule has 2 aromatic heterocycles. The van der Waals surface area contributed by atoms with Gasteiger partial charge in [-0.05, 0) is 34.0 Å². The van der Waals surface area contributed by atoms with Crippen LogP contribution in [-0.4, -0.2) is 73.1 Å². The average molecular weight is 539 g/mol. The number of aliphatic hydroxyl groups is 1. The lowest BCUT2D eigenvalue weighted by atomic mass is 9.98. The van der Waals surface area contributed by atoms with Crippen molar-refractivity contribution >= 4 is 47.8 Å². The van der Waals surface area contributed by atoms with Crippen LogP contribution in [0.2, 0.25) is 0 Å². The Labute approximate surface area is 205 Å². The minimum absolute atomic E-state index is 0. The van der Waals surface area contributed by atoms with Crippen LogP contribution in [-0.2, 0) is 21.1 Å². The van der Waals surface area contributed by atoms with Crippen molar-refractivity contribution in [2.24, 2.45) is 0 Å². The summed E-state index contributed by atoms with van der Waals surface area (Å²) < 4.78 is 54.2. The fraction of sp³-hybridized carbons (Fsp3) is 0.222. The summed E-state index contributed by atoms with van der Waals surface area (Å²) in [6, 6.07) is 7.92. The number of benzene rings is 2. The molecule has 17 heteroatoms. The highest BCUT2D eigenvalue weighted by molar-refractivity contribution is 7.90. The van der Waals surface area contributed by atoms with E-state index in [1.54, 1.807) is 12.1 Å². The van der Waals surface area contributed by atoms with Gasteiger partial charge in [0.1, 0.15) is 5.60 Å². The largest absolute Gasteiger partial charge is 0.768 e. The maximum atomic E-state index is 13.1. The van der Waals surface area contributed by atoms with Gasteiger partial charge >= 0.3 is 0 Å². The number of thiazole rings is 1. The number of rotatable bonds is 7. The van der Waals surface area contributed by atoms with E-state index >= 15 is 0 Å². The molecule has 0 bridgehead atoms. The standard InChI is InChI=1S/C18H18N8O5S3.H3N/c19-17-22-14-10(2-1-3-11(14)32-17)9-4-5-12(34(30,31)21-8-18(27)6-20-7-18)15(33(28)29)13(9)16-23-25-26-24-16;/h1-5,20-21,27H,6-8H2,(H2,19,22)(H,28,29)(H,23,24,25,26);1H3/p-1. The van der Waals surface area contributed by atoms with Crippen molar-refractivity contribution in [2.45, 2.75) is 15.4 Å². The Hall–Kier alpha value is -2.90. The van der Waals surface area contributed by atoms with Crippen LogP contribution < -0.4 is 21.9 Å². The van der Waals surface area contributed by atoms with Crippen molar-refractivity contribution in [3.05, 3.63) is 30.3 Å². The zero-order valence-corrected chi connectivity index (χ0v) is 20.3. The second-order valence-electron chi connectivity index (χ2n) is 7.64. The fourth-order valence-corrected chi connectivity index (χ4v) is 6.79. The molecule has 0 amide bonds. The first kappa shape index (κ1) is 25.2. The van der Waals surface area contributed by atoms with Crippen molar-refractivity contribution in [3.63, 3.8) is 0 Å². The lowest BCUT2D eigenvalue weighted by Crippen LogP contribution is -2.64. The van der Waals surface area contributed by atoms with Gasteiger partial charge in [0.2, 0.25) is 15.8 Å². The molecule has 1 atom stereocenters. The number of H-pyrrole nitrogens is 1. The van der Waals surface area contributed by atoms with Gasteiger partial charge in [0.05, 0.1) is 20.0 Å². The van der Waals surface area contributed by atoms with Gasteiger partial charge in [0.25, 0.3) is 0 Å². The van der Waals surface area contributed by atoms with Crippen molar-refractivity contribution in [3.8, 4) is 22.5 Å². The number of fused-ring (bicyclic) bond motifs is 1. The van der Waals surface area contributed by atoms with E-state index in [-0.39, 0.29) is 37.2 Å². The van der Waals surface area contributed by atoms with E-state index in [0.29, 0.717) is 21.8 Å². The van der Waals surface area contributed by atoms with Gasteiger partial charge < -0.3 is 26.9 Å². The first-order valence-corrected chi connectivity index (χ1v) is 13.1. The second kappa shape index (κ2) is 9.28. The molecular formula is C18H20N9O5S3-. The molecule has 1 aliphatic rings. The highest BCUT2D eigenvalue weighted by Gasteiger charge is 2.36. The number of tetrazole rings is 1. The normalized spacial score (nSPS) is 15.9. The number of sulfonamides is 1. The molecule has 1 unspecified atom stereocenters. The van der Waals surface area contributed by atoms with Crippen LogP contribution in [0.3, 0.4) is 0 Å². The van der Waals surface area contributed by atoms with E-state index in [1.807, 2.05) is 6.07 Å². The van der Waals surface area contributed by atoms with Gasteiger partial charge in [-0.15, -0.1) is 10.2 Å². The molecule has 1 fully saturated rings. The monoisotopic (exact) mass is 538 g/mol. The van der Waals surface area contributed by atoms with E-state index in [4.69, 9.17) is 5.73 Å². The molecule has 35 heavy (non-hydrogen) atoms. The molecule has 1 saturated heterocycles. The Kier molecular flexibility index (Phi) is 6.68. The fourth-order valence-electron chi connectivity index (χ4n) is 3.68. The molecule has 0 radical (unpaired) electrons. The third-order valence-corrected chi connectivity index (χ3v) is 8.55. The first-order chi connectivity index (χ1) is 16.2. The molecule has 0 saturated carbocycles. The predicted molar refractivity (Wildman–Crippen MR) is 128 cm³/mol. The van der Waals surface area contributed by atoms with E-state index in [1.165, 1.54) is 23.5 Å².